The van der Waals surface area contributed by atoms with Crippen LogP contribution in [0.4, 0.5) is 14.5 Å². The van der Waals surface area contributed by atoms with Crippen LogP contribution in [0.3, 0.4) is 0 Å². The summed E-state index contributed by atoms with van der Waals surface area (Å²) < 4.78 is 35.0. The number of aryl methyl sites for hydroxylation is 1. The third kappa shape index (κ3) is 3.73. The van der Waals surface area contributed by atoms with E-state index in [0.717, 1.165) is 19.3 Å². The van der Waals surface area contributed by atoms with Gasteiger partial charge < -0.3 is 14.8 Å². The first-order chi connectivity index (χ1) is 12.9. The lowest BCUT2D eigenvalue weighted by Crippen LogP contribution is -2.34. The number of nitrogens with one attached hydrogen (secondary N) is 1. The highest BCUT2D eigenvalue weighted by molar-refractivity contribution is 5.92. The van der Waals surface area contributed by atoms with E-state index in [1.807, 2.05) is 24.1 Å². The summed E-state index contributed by atoms with van der Waals surface area (Å²) in [5.74, 6) is -0.354. The van der Waals surface area contributed by atoms with Crippen LogP contribution in [-0.4, -0.2) is 30.7 Å². The van der Waals surface area contributed by atoms with Crippen molar-refractivity contribution in [3.8, 4) is 11.5 Å². The summed E-state index contributed by atoms with van der Waals surface area (Å²) in [7, 11) is 1.92. The molecule has 1 amide bonds. The Labute approximate surface area is 155 Å². The van der Waals surface area contributed by atoms with Crippen molar-refractivity contribution in [1.29, 1.82) is 0 Å². The number of anilines is 1. The maximum atomic E-state index is 13.1. The summed E-state index contributed by atoms with van der Waals surface area (Å²) in [5, 5.41) is 2.73. The molecule has 0 fully saturated rings. The molecule has 142 valence electrons. The van der Waals surface area contributed by atoms with Crippen LogP contribution in [0, 0.1) is 0 Å². The van der Waals surface area contributed by atoms with Gasteiger partial charge in [0.25, 0.3) is 0 Å². The zero-order chi connectivity index (χ0) is 19.0. The van der Waals surface area contributed by atoms with Gasteiger partial charge in [0.05, 0.1) is 6.54 Å². The molecule has 0 spiro atoms. The Morgan fingerprint density at radius 2 is 2.00 bits per heavy atom. The molecule has 5 nitrogen and oxygen atoms in total. The number of carbonyl (C=O) groups is 1. The molecule has 0 saturated carbocycles. The number of ether oxygens (including phenoxy) is 2. The van der Waals surface area contributed by atoms with Gasteiger partial charge in [0, 0.05) is 17.8 Å². The van der Waals surface area contributed by atoms with Crippen LogP contribution in [0.25, 0.3) is 0 Å². The van der Waals surface area contributed by atoms with E-state index in [0.29, 0.717) is 5.69 Å². The summed E-state index contributed by atoms with van der Waals surface area (Å²) in [5.41, 5.74) is 2.99. The Morgan fingerprint density at radius 3 is 2.85 bits per heavy atom. The molecule has 1 heterocycles. The monoisotopic (exact) mass is 374 g/mol. The Hall–Kier alpha value is -2.67. The molecule has 27 heavy (non-hydrogen) atoms. The Kier molecular flexibility index (Phi) is 4.47. The molecular weight excluding hydrogens is 354 g/mol. The zero-order valence-corrected chi connectivity index (χ0v) is 14.9. The van der Waals surface area contributed by atoms with Gasteiger partial charge in [-0.3, -0.25) is 9.69 Å². The van der Waals surface area contributed by atoms with Crippen LogP contribution in [0.15, 0.2) is 42.5 Å². The van der Waals surface area contributed by atoms with Crippen molar-refractivity contribution in [2.24, 2.45) is 0 Å². The second-order valence-corrected chi connectivity index (χ2v) is 6.90. The van der Waals surface area contributed by atoms with E-state index >= 15 is 0 Å². The minimum atomic E-state index is -3.67. The van der Waals surface area contributed by atoms with Crippen molar-refractivity contribution >= 4 is 11.6 Å². The quantitative estimate of drug-likeness (QED) is 0.880. The number of amides is 1. The number of halogens is 2. The topological polar surface area (TPSA) is 50.8 Å². The molecule has 4 rings (SSSR count). The van der Waals surface area contributed by atoms with E-state index in [-0.39, 0.29) is 30.0 Å². The second-order valence-electron chi connectivity index (χ2n) is 6.90. The number of hydrogen-bond donors (Lipinski definition) is 1. The van der Waals surface area contributed by atoms with Crippen LogP contribution < -0.4 is 14.8 Å². The molecule has 0 radical (unpaired) electrons. The van der Waals surface area contributed by atoms with E-state index in [1.165, 1.54) is 29.3 Å². The van der Waals surface area contributed by atoms with Crippen LogP contribution in [0.2, 0.25) is 0 Å². The highest BCUT2D eigenvalue weighted by Crippen LogP contribution is 2.42. The summed E-state index contributed by atoms with van der Waals surface area (Å²) in [6.07, 6.45) is -0.516. The molecule has 0 bridgehead atoms. The lowest BCUT2D eigenvalue weighted by molar-refractivity contribution is -0.286. The van der Waals surface area contributed by atoms with Gasteiger partial charge in [-0.2, -0.15) is 0 Å². The fourth-order valence-electron chi connectivity index (χ4n) is 3.75. The molecule has 1 aliphatic heterocycles. The van der Waals surface area contributed by atoms with Crippen molar-refractivity contribution in [2.75, 3.05) is 18.9 Å². The molecule has 1 N–H and O–H groups in total. The normalized spacial score (nSPS) is 19.6. The number of likely N-dealkylation sites (N-methyl/N-ethyl adjacent to an activating group) is 1. The molecule has 7 heteroatoms. The number of fused-ring (bicyclic) bond motifs is 2. The molecule has 1 atom stereocenters. The first kappa shape index (κ1) is 17.7. The summed E-state index contributed by atoms with van der Waals surface area (Å²) in [4.78, 5) is 14.5. The van der Waals surface area contributed by atoms with E-state index in [1.54, 1.807) is 0 Å². The number of carbonyl (C=O) groups excluding carboxylic acids is 1. The number of rotatable bonds is 4. The molecule has 0 saturated heterocycles. The summed E-state index contributed by atoms with van der Waals surface area (Å²) in [6, 6.07) is 12.7. The number of hydrogen-bond acceptors (Lipinski definition) is 4. The van der Waals surface area contributed by atoms with Crippen molar-refractivity contribution in [3.05, 3.63) is 53.6 Å². The van der Waals surface area contributed by atoms with Crippen LogP contribution in [-0.2, 0) is 11.2 Å². The van der Waals surface area contributed by atoms with E-state index < -0.39 is 6.29 Å². The Bertz CT molecular complexity index is 872. The largest absolute Gasteiger partial charge is 0.586 e. The SMILES string of the molecule is CN(CC(=O)Nc1ccc2c(c1)OC(F)(F)O2)[C@@H]1CCCc2ccccc21. The standard InChI is InChI=1S/C20H20F2N2O3/c1-24(16-8-4-6-13-5-2-3-7-15(13)16)12-19(25)23-14-9-10-17-18(11-14)27-20(21,22)26-17/h2-3,5,7,9-11,16H,4,6,8,12H2,1H3,(H,23,25)/t16-/m1/s1. The third-order valence-corrected chi connectivity index (χ3v) is 4.95. The smallest absolute Gasteiger partial charge is 0.395 e. The molecule has 2 aromatic carbocycles. The van der Waals surface area contributed by atoms with Crippen LogP contribution in [0.5, 0.6) is 11.5 Å². The highest BCUT2D eigenvalue weighted by atomic mass is 19.3. The second kappa shape index (κ2) is 6.81. The predicted octanol–water partition coefficient (Wildman–Crippen LogP) is 3.96. The van der Waals surface area contributed by atoms with E-state index in [4.69, 9.17) is 0 Å². The first-order valence-corrected chi connectivity index (χ1v) is 8.89. The predicted molar refractivity (Wildman–Crippen MR) is 96.0 cm³/mol. The fourth-order valence-corrected chi connectivity index (χ4v) is 3.75. The number of alkyl halides is 2. The van der Waals surface area contributed by atoms with Gasteiger partial charge >= 0.3 is 6.29 Å². The number of benzene rings is 2. The van der Waals surface area contributed by atoms with Gasteiger partial charge in [-0.05, 0) is 49.6 Å². The minimum Gasteiger partial charge on any atom is -0.395 e. The molecule has 0 unspecified atom stereocenters. The molecule has 0 aromatic heterocycles. The summed E-state index contributed by atoms with van der Waals surface area (Å²) in [6.45, 7) is 0.198. The van der Waals surface area contributed by atoms with Gasteiger partial charge in [-0.25, -0.2) is 0 Å². The van der Waals surface area contributed by atoms with Crippen molar-refractivity contribution < 1.29 is 23.0 Å². The molecule has 2 aliphatic rings. The third-order valence-electron chi connectivity index (χ3n) is 4.95. The number of nitrogens with zero attached hydrogens (tertiary/aromatic N) is 1. The van der Waals surface area contributed by atoms with Gasteiger partial charge in [-0.15, -0.1) is 8.78 Å². The summed E-state index contributed by atoms with van der Waals surface area (Å²) >= 11 is 0. The van der Waals surface area contributed by atoms with Crippen LogP contribution >= 0.6 is 0 Å². The van der Waals surface area contributed by atoms with Gasteiger partial charge in [0.15, 0.2) is 11.5 Å². The Balaban J connectivity index is 1.41. The van der Waals surface area contributed by atoms with E-state index in [2.05, 4.69) is 26.9 Å². The molecular formula is C20H20F2N2O3. The van der Waals surface area contributed by atoms with Gasteiger partial charge in [0.2, 0.25) is 5.91 Å². The maximum Gasteiger partial charge on any atom is 0.586 e. The van der Waals surface area contributed by atoms with E-state index in [9.17, 15) is 13.6 Å². The van der Waals surface area contributed by atoms with Crippen LogP contribution in [0.1, 0.15) is 30.0 Å². The Morgan fingerprint density at radius 1 is 1.22 bits per heavy atom. The lowest BCUT2D eigenvalue weighted by Gasteiger charge is -2.32. The fraction of sp³-hybridized carbons (Fsp3) is 0.350. The zero-order valence-electron chi connectivity index (χ0n) is 14.9. The van der Waals surface area contributed by atoms with Crippen molar-refractivity contribution in [1.82, 2.24) is 4.90 Å². The average molecular weight is 374 g/mol. The van der Waals surface area contributed by atoms with Gasteiger partial charge in [-0.1, -0.05) is 24.3 Å². The maximum absolute atomic E-state index is 13.1. The highest BCUT2D eigenvalue weighted by Gasteiger charge is 2.43. The van der Waals surface area contributed by atoms with Gasteiger partial charge in [0.1, 0.15) is 0 Å². The lowest BCUT2D eigenvalue weighted by atomic mass is 9.87. The van der Waals surface area contributed by atoms with Crippen molar-refractivity contribution in [2.45, 2.75) is 31.6 Å². The first-order valence-electron chi connectivity index (χ1n) is 8.89. The minimum absolute atomic E-state index is 0.0473. The van der Waals surface area contributed by atoms with Crippen molar-refractivity contribution in [3.63, 3.8) is 0 Å². The molecule has 1 aliphatic carbocycles. The average Bonchev–Trinajstić information content (AvgIpc) is 2.94. The molecule has 2 aromatic rings.